The first-order valence-corrected chi connectivity index (χ1v) is 7.45. The predicted molar refractivity (Wildman–Crippen MR) is 72.7 cm³/mol. The van der Waals surface area contributed by atoms with E-state index in [-0.39, 0.29) is 23.9 Å². The van der Waals surface area contributed by atoms with E-state index in [9.17, 15) is 13.2 Å². The number of hydrogen-bond acceptors (Lipinski definition) is 4. The number of sulfonamides is 1. The molecule has 1 aromatic carbocycles. The Morgan fingerprint density at radius 3 is 2.68 bits per heavy atom. The number of primary amides is 1. The van der Waals surface area contributed by atoms with Crippen LogP contribution in [0.5, 0.6) is 0 Å². The van der Waals surface area contributed by atoms with Gasteiger partial charge in [0.1, 0.15) is 0 Å². The Balaban J connectivity index is 2.72. The Hall–Kier alpha value is -1.44. The van der Waals surface area contributed by atoms with Crippen molar-refractivity contribution in [1.29, 1.82) is 0 Å². The van der Waals surface area contributed by atoms with E-state index in [0.29, 0.717) is 6.42 Å². The first-order valence-electron chi connectivity index (χ1n) is 5.96. The Morgan fingerprint density at radius 1 is 1.42 bits per heavy atom. The van der Waals surface area contributed by atoms with Crippen molar-refractivity contribution in [2.75, 3.05) is 6.54 Å². The topological polar surface area (TPSA) is 115 Å². The van der Waals surface area contributed by atoms with Gasteiger partial charge >= 0.3 is 0 Å². The third-order valence-electron chi connectivity index (χ3n) is 2.59. The smallest absolute Gasteiger partial charge is 0.240 e. The van der Waals surface area contributed by atoms with Gasteiger partial charge in [0.2, 0.25) is 15.9 Å². The molecule has 19 heavy (non-hydrogen) atoms. The number of carbonyl (C=O) groups excluding carboxylic acids is 1. The first kappa shape index (κ1) is 15.6. The van der Waals surface area contributed by atoms with E-state index in [2.05, 4.69) is 4.72 Å². The van der Waals surface area contributed by atoms with Crippen molar-refractivity contribution in [3.05, 3.63) is 29.8 Å². The van der Waals surface area contributed by atoms with E-state index in [1.807, 2.05) is 0 Å². The maximum Gasteiger partial charge on any atom is 0.240 e. The van der Waals surface area contributed by atoms with Crippen LogP contribution in [0.2, 0.25) is 0 Å². The molecule has 1 atom stereocenters. The van der Waals surface area contributed by atoms with Gasteiger partial charge in [0.15, 0.2) is 0 Å². The maximum absolute atomic E-state index is 12.0. The van der Waals surface area contributed by atoms with Crippen molar-refractivity contribution in [3.8, 4) is 0 Å². The number of rotatable bonds is 7. The molecule has 0 heterocycles. The van der Waals surface area contributed by atoms with E-state index in [0.717, 1.165) is 5.56 Å². The minimum atomic E-state index is -3.57. The molecule has 7 heteroatoms. The maximum atomic E-state index is 12.0. The molecule has 0 spiro atoms. The minimum Gasteiger partial charge on any atom is -0.370 e. The van der Waals surface area contributed by atoms with E-state index in [4.69, 9.17) is 11.5 Å². The highest BCUT2D eigenvalue weighted by atomic mass is 32.2. The number of benzene rings is 1. The van der Waals surface area contributed by atoms with Gasteiger partial charge in [-0.25, -0.2) is 13.1 Å². The summed E-state index contributed by atoms with van der Waals surface area (Å²) in [6, 6.07) is 6.24. The summed E-state index contributed by atoms with van der Waals surface area (Å²) in [5.41, 5.74) is 11.4. The molecular formula is C12H19N3O3S. The van der Waals surface area contributed by atoms with Crippen molar-refractivity contribution in [3.63, 3.8) is 0 Å². The second-order valence-corrected chi connectivity index (χ2v) is 6.10. The molecule has 0 bridgehead atoms. The molecule has 0 saturated carbocycles. The molecule has 1 unspecified atom stereocenters. The van der Waals surface area contributed by atoms with Gasteiger partial charge in [-0.05, 0) is 31.0 Å². The highest BCUT2D eigenvalue weighted by molar-refractivity contribution is 7.89. The largest absolute Gasteiger partial charge is 0.370 e. The lowest BCUT2D eigenvalue weighted by Gasteiger charge is -2.10. The summed E-state index contributed by atoms with van der Waals surface area (Å²) in [4.78, 5) is 10.7. The molecule has 0 radical (unpaired) electrons. The van der Waals surface area contributed by atoms with Crippen LogP contribution >= 0.6 is 0 Å². The van der Waals surface area contributed by atoms with Crippen LogP contribution in [0.3, 0.4) is 0 Å². The number of nitrogens with one attached hydrogen (secondary N) is 1. The molecular weight excluding hydrogens is 266 g/mol. The summed E-state index contributed by atoms with van der Waals surface area (Å²) in [6.45, 7) is 1.96. The standard InChI is InChI=1S/C12H19N3O3S/c1-9(13)10-4-2-5-11(8-10)19(17,18)15-7-3-6-12(14)16/h2,4-5,8-9,15H,3,6-7,13H2,1H3,(H2,14,16). The molecule has 0 saturated heterocycles. The lowest BCUT2D eigenvalue weighted by Crippen LogP contribution is -2.26. The molecule has 0 aromatic heterocycles. The fraction of sp³-hybridized carbons (Fsp3) is 0.417. The van der Waals surface area contributed by atoms with E-state index < -0.39 is 15.9 Å². The second kappa shape index (κ2) is 6.65. The van der Waals surface area contributed by atoms with Crippen molar-refractivity contribution in [2.45, 2.75) is 30.7 Å². The first-order chi connectivity index (χ1) is 8.83. The van der Waals surface area contributed by atoms with Gasteiger partial charge in [0.25, 0.3) is 0 Å². The van der Waals surface area contributed by atoms with Crippen LogP contribution < -0.4 is 16.2 Å². The van der Waals surface area contributed by atoms with Gasteiger partial charge in [-0.2, -0.15) is 0 Å². The molecule has 5 N–H and O–H groups in total. The quantitative estimate of drug-likeness (QED) is 0.623. The predicted octanol–water partition coefficient (Wildman–Crippen LogP) is 0.250. The Bertz CT molecular complexity index is 541. The van der Waals surface area contributed by atoms with Crippen molar-refractivity contribution >= 4 is 15.9 Å². The van der Waals surface area contributed by atoms with Gasteiger partial charge in [-0.3, -0.25) is 4.79 Å². The fourth-order valence-corrected chi connectivity index (χ4v) is 2.65. The number of carbonyl (C=O) groups is 1. The van der Waals surface area contributed by atoms with Crippen LogP contribution in [-0.2, 0) is 14.8 Å². The number of nitrogens with two attached hydrogens (primary N) is 2. The van der Waals surface area contributed by atoms with Crippen LogP contribution in [0.25, 0.3) is 0 Å². The monoisotopic (exact) mass is 285 g/mol. The molecule has 0 aliphatic carbocycles. The molecule has 1 rings (SSSR count). The second-order valence-electron chi connectivity index (χ2n) is 4.33. The van der Waals surface area contributed by atoms with E-state index in [1.54, 1.807) is 25.1 Å². The average Bonchev–Trinajstić information content (AvgIpc) is 2.34. The molecule has 0 fully saturated rings. The number of hydrogen-bond donors (Lipinski definition) is 3. The lowest BCUT2D eigenvalue weighted by atomic mass is 10.1. The summed E-state index contributed by atoms with van der Waals surface area (Å²) in [5.74, 6) is -0.446. The van der Waals surface area contributed by atoms with Crippen molar-refractivity contribution in [1.82, 2.24) is 4.72 Å². The van der Waals surface area contributed by atoms with Gasteiger partial charge in [-0.1, -0.05) is 12.1 Å². The molecule has 106 valence electrons. The average molecular weight is 285 g/mol. The van der Waals surface area contributed by atoms with Crippen LogP contribution in [0, 0.1) is 0 Å². The van der Waals surface area contributed by atoms with Crippen molar-refractivity contribution < 1.29 is 13.2 Å². The van der Waals surface area contributed by atoms with Gasteiger partial charge < -0.3 is 11.5 Å². The molecule has 1 aromatic rings. The zero-order valence-corrected chi connectivity index (χ0v) is 11.6. The molecule has 0 aliphatic rings. The summed E-state index contributed by atoms with van der Waals surface area (Å²) in [6.07, 6.45) is 0.532. The summed E-state index contributed by atoms with van der Waals surface area (Å²) < 4.78 is 26.4. The minimum absolute atomic E-state index is 0.155. The fourth-order valence-electron chi connectivity index (χ4n) is 1.52. The summed E-state index contributed by atoms with van der Waals surface area (Å²) in [7, 11) is -3.57. The third-order valence-corrected chi connectivity index (χ3v) is 4.04. The zero-order chi connectivity index (χ0) is 14.5. The van der Waals surface area contributed by atoms with Crippen LogP contribution in [0.15, 0.2) is 29.2 Å². The van der Waals surface area contributed by atoms with Gasteiger partial charge in [0, 0.05) is 19.0 Å². The third kappa shape index (κ3) is 4.98. The van der Waals surface area contributed by atoms with Crippen LogP contribution in [0.4, 0.5) is 0 Å². The van der Waals surface area contributed by atoms with E-state index >= 15 is 0 Å². The summed E-state index contributed by atoms with van der Waals surface area (Å²) >= 11 is 0. The normalized spacial score (nSPS) is 13.2. The lowest BCUT2D eigenvalue weighted by molar-refractivity contribution is -0.118. The Kier molecular flexibility index (Phi) is 5.46. The Morgan fingerprint density at radius 2 is 2.11 bits per heavy atom. The zero-order valence-electron chi connectivity index (χ0n) is 10.8. The number of amides is 1. The van der Waals surface area contributed by atoms with Crippen LogP contribution in [0.1, 0.15) is 31.4 Å². The highest BCUT2D eigenvalue weighted by Crippen LogP contribution is 2.15. The molecule has 6 nitrogen and oxygen atoms in total. The molecule has 0 aliphatic heterocycles. The Labute approximate surface area is 113 Å². The highest BCUT2D eigenvalue weighted by Gasteiger charge is 2.14. The van der Waals surface area contributed by atoms with E-state index in [1.165, 1.54) is 6.07 Å². The SMILES string of the molecule is CC(N)c1cccc(S(=O)(=O)NCCCC(N)=O)c1. The van der Waals surface area contributed by atoms with Crippen LogP contribution in [-0.4, -0.2) is 20.9 Å². The van der Waals surface area contributed by atoms with Gasteiger partial charge in [-0.15, -0.1) is 0 Å². The van der Waals surface area contributed by atoms with Gasteiger partial charge in [0.05, 0.1) is 4.90 Å². The molecule has 1 amide bonds. The summed E-state index contributed by atoms with van der Waals surface area (Å²) in [5, 5.41) is 0. The van der Waals surface area contributed by atoms with Crippen molar-refractivity contribution in [2.24, 2.45) is 11.5 Å².